The maximum atomic E-state index is 12.5. The number of carbonyl (C=O) groups is 1. The third-order valence-corrected chi connectivity index (χ3v) is 5.58. The van der Waals surface area contributed by atoms with E-state index in [9.17, 15) is 14.9 Å². The van der Waals surface area contributed by atoms with Crippen LogP contribution >= 0.6 is 11.3 Å². The highest BCUT2D eigenvalue weighted by atomic mass is 32.1. The SMILES string of the molecule is NCC1CCCCC1NC(=O)c1cc2cc([N+](=O)[O-])ccc2s1. The molecule has 0 spiro atoms. The third kappa shape index (κ3) is 3.35. The van der Waals surface area contributed by atoms with Crippen LogP contribution in [0.5, 0.6) is 0 Å². The highest BCUT2D eigenvalue weighted by Gasteiger charge is 2.26. The van der Waals surface area contributed by atoms with Gasteiger partial charge >= 0.3 is 0 Å². The molecule has 2 atom stereocenters. The van der Waals surface area contributed by atoms with Crippen molar-refractivity contribution in [3.05, 3.63) is 39.3 Å². The number of hydrogen-bond acceptors (Lipinski definition) is 5. The van der Waals surface area contributed by atoms with Crippen LogP contribution in [0.15, 0.2) is 24.3 Å². The second-order valence-electron chi connectivity index (χ2n) is 5.95. The number of carbonyl (C=O) groups excluding carboxylic acids is 1. The molecule has 1 fully saturated rings. The van der Waals surface area contributed by atoms with Crippen LogP contribution in [0.4, 0.5) is 5.69 Å². The summed E-state index contributed by atoms with van der Waals surface area (Å²) in [6, 6.07) is 6.51. The highest BCUT2D eigenvalue weighted by molar-refractivity contribution is 7.20. The molecule has 7 heteroatoms. The Hall–Kier alpha value is -1.99. The van der Waals surface area contributed by atoms with Crippen LogP contribution < -0.4 is 11.1 Å². The van der Waals surface area contributed by atoms with Crippen LogP contribution in [0.3, 0.4) is 0 Å². The van der Waals surface area contributed by atoms with Gasteiger partial charge in [-0.05, 0) is 37.4 Å². The summed E-state index contributed by atoms with van der Waals surface area (Å²) in [5.74, 6) is 0.224. The minimum atomic E-state index is -0.426. The van der Waals surface area contributed by atoms with E-state index in [1.807, 2.05) is 0 Å². The fourth-order valence-electron chi connectivity index (χ4n) is 3.18. The second kappa shape index (κ2) is 6.64. The summed E-state index contributed by atoms with van der Waals surface area (Å²) in [6.45, 7) is 0.587. The van der Waals surface area contributed by atoms with Gasteiger partial charge in [0.05, 0.1) is 9.80 Å². The largest absolute Gasteiger partial charge is 0.348 e. The summed E-state index contributed by atoms with van der Waals surface area (Å²) in [4.78, 5) is 23.5. The van der Waals surface area contributed by atoms with Crippen molar-refractivity contribution in [1.82, 2.24) is 5.32 Å². The third-order valence-electron chi connectivity index (χ3n) is 4.46. The molecular formula is C16H19N3O3S. The van der Waals surface area contributed by atoms with Crippen molar-refractivity contribution in [2.24, 2.45) is 11.7 Å². The number of nitrogens with one attached hydrogen (secondary N) is 1. The van der Waals surface area contributed by atoms with E-state index < -0.39 is 4.92 Å². The molecule has 1 aliphatic carbocycles. The van der Waals surface area contributed by atoms with Gasteiger partial charge in [0.25, 0.3) is 11.6 Å². The van der Waals surface area contributed by atoms with Crippen molar-refractivity contribution in [3.63, 3.8) is 0 Å². The summed E-state index contributed by atoms with van der Waals surface area (Å²) in [5, 5.41) is 14.7. The summed E-state index contributed by atoms with van der Waals surface area (Å²) in [6.07, 6.45) is 4.30. The van der Waals surface area contributed by atoms with Gasteiger partial charge in [-0.1, -0.05) is 12.8 Å². The second-order valence-corrected chi connectivity index (χ2v) is 7.03. The molecule has 1 aliphatic rings. The molecule has 2 unspecified atom stereocenters. The monoisotopic (exact) mass is 333 g/mol. The molecule has 1 saturated carbocycles. The fourth-order valence-corrected chi connectivity index (χ4v) is 4.12. The molecule has 3 N–H and O–H groups in total. The lowest BCUT2D eigenvalue weighted by molar-refractivity contribution is -0.384. The van der Waals surface area contributed by atoms with Crippen molar-refractivity contribution in [1.29, 1.82) is 0 Å². The molecule has 3 rings (SSSR count). The van der Waals surface area contributed by atoms with E-state index in [1.54, 1.807) is 12.1 Å². The highest BCUT2D eigenvalue weighted by Crippen LogP contribution is 2.30. The maximum Gasteiger partial charge on any atom is 0.270 e. The van der Waals surface area contributed by atoms with Crippen LogP contribution in [0.25, 0.3) is 10.1 Å². The Balaban J connectivity index is 1.79. The van der Waals surface area contributed by atoms with Gasteiger partial charge in [-0.15, -0.1) is 11.3 Å². The van der Waals surface area contributed by atoms with Gasteiger partial charge in [0.1, 0.15) is 0 Å². The summed E-state index contributed by atoms with van der Waals surface area (Å²) < 4.78 is 0.875. The summed E-state index contributed by atoms with van der Waals surface area (Å²) in [5.41, 5.74) is 5.84. The number of nitrogens with two attached hydrogens (primary N) is 1. The Bertz CT molecular complexity index is 743. The van der Waals surface area contributed by atoms with Gasteiger partial charge in [-0.2, -0.15) is 0 Å². The van der Waals surface area contributed by atoms with Crippen molar-refractivity contribution in [3.8, 4) is 0 Å². The van der Waals surface area contributed by atoms with Crippen LogP contribution in [0, 0.1) is 16.0 Å². The lowest BCUT2D eigenvalue weighted by Crippen LogP contribution is -2.44. The number of thiophene rings is 1. The predicted octanol–water partition coefficient (Wildman–Crippen LogP) is 3.06. The Morgan fingerprint density at radius 2 is 2.13 bits per heavy atom. The Labute approximate surface area is 137 Å². The molecule has 2 aromatic rings. The normalized spacial score (nSPS) is 21.3. The number of nitro groups is 1. The number of nitrogens with zero attached hydrogens (tertiary/aromatic N) is 1. The van der Waals surface area contributed by atoms with Gasteiger partial charge in [0, 0.05) is 28.3 Å². The van der Waals surface area contributed by atoms with Gasteiger partial charge in [0.2, 0.25) is 0 Å². The lowest BCUT2D eigenvalue weighted by Gasteiger charge is -2.31. The van der Waals surface area contributed by atoms with Gasteiger partial charge in [0.15, 0.2) is 0 Å². The molecule has 6 nitrogen and oxygen atoms in total. The average molecular weight is 333 g/mol. The molecule has 1 aromatic heterocycles. The van der Waals surface area contributed by atoms with Gasteiger partial charge in [-0.3, -0.25) is 14.9 Å². The van der Waals surface area contributed by atoms with E-state index in [0.717, 1.165) is 29.3 Å². The Kier molecular flexibility index (Phi) is 4.58. The summed E-state index contributed by atoms with van der Waals surface area (Å²) in [7, 11) is 0. The number of fused-ring (bicyclic) bond motifs is 1. The standard InChI is InChI=1S/C16H19N3O3S/c17-9-10-3-1-2-4-13(10)18-16(20)15-8-11-7-12(19(21)22)5-6-14(11)23-15/h5-8,10,13H,1-4,9,17H2,(H,18,20). The number of nitro benzene ring substituents is 1. The molecule has 1 amide bonds. The number of hydrogen-bond donors (Lipinski definition) is 2. The van der Waals surface area contributed by atoms with E-state index >= 15 is 0 Å². The average Bonchev–Trinajstić information content (AvgIpc) is 2.98. The minimum absolute atomic E-state index is 0.0396. The quantitative estimate of drug-likeness (QED) is 0.663. The number of amides is 1. The molecule has 0 bridgehead atoms. The molecular weight excluding hydrogens is 314 g/mol. The first kappa shape index (κ1) is 15.9. The molecule has 23 heavy (non-hydrogen) atoms. The molecule has 0 saturated heterocycles. The molecule has 122 valence electrons. The van der Waals surface area contributed by atoms with E-state index in [2.05, 4.69) is 5.32 Å². The Morgan fingerprint density at radius 3 is 2.87 bits per heavy atom. The number of rotatable bonds is 4. The van der Waals surface area contributed by atoms with E-state index in [4.69, 9.17) is 5.73 Å². The zero-order valence-electron chi connectivity index (χ0n) is 12.7. The van der Waals surface area contributed by atoms with Crippen LogP contribution in [-0.4, -0.2) is 23.4 Å². The number of non-ortho nitro benzene ring substituents is 1. The fraction of sp³-hybridized carbons (Fsp3) is 0.438. The summed E-state index contributed by atoms with van der Waals surface area (Å²) >= 11 is 1.36. The topological polar surface area (TPSA) is 98.3 Å². The van der Waals surface area contributed by atoms with E-state index in [0.29, 0.717) is 17.3 Å². The van der Waals surface area contributed by atoms with Gasteiger partial charge < -0.3 is 11.1 Å². The lowest BCUT2D eigenvalue weighted by atomic mass is 9.84. The van der Waals surface area contributed by atoms with Crippen LogP contribution in [0.1, 0.15) is 35.4 Å². The first-order valence-electron chi connectivity index (χ1n) is 7.77. The Morgan fingerprint density at radius 1 is 1.35 bits per heavy atom. The minimum Gasteiger partial charge on any atom is -0.348 e. The predicted molar refractivity (Wildman–Crippen MR) is 90.7 cm³/mol. The van der Waals surface area contributed by atoms with Crippen molar-refractivity contribution in [2.45, 2.75) is 31.7 Å². The first-order valence-corrected chi connectivity index (χ1v) is 8.59. The van der Waals surface area contributed by atoms with Crippen LogP contribution in [0.2, 0.25) is 0 Å². The maximum absolute atomic E-state index is 12.5. The zero-order valence-corrected chi connectivity index (χ0v) is 13.5. The number of benzene rings is 1. The van der Waals surface area contributed by atoms with Crippen LogP contribution in [-0.2, 0) is 0 Å². The first-order chi connectivity index (χ1) is 11.1. The molecule has 1 aromatic carbocycles. The van der Waals surface area contributed by atoms with E-state index in [-0.39, 0.29) is 17.6 Å². The zero-order chi connectivity index (χ0) is 16.4. The molecule has 0 radical (unpaired) electrons. The van der Waals surface area contributed by atoms with Crippen molar-refractivity contribution >= 4 is 33.0 Å². The van der Waals surface area contributed by atoms with Crippen molar-refractivity contribution in [2.75, 3.05) is 6.54 Å². The van der Waals surface area contributed by atoms with Crippen molar-refractivity contribution < 1.29 is 9.72 Å². The smallest absolute Gasteiger partial charge is 0.270 e. The molecule has 1 heterocycles. The molecule has 0 aliphatic heterocycles. The van der Waals surface area contributed by atoms with E-state index in [1.165, 1.54) is 29.9 Å². The van der Waals surface area contributed by atoms with Gasteiger partial charge in [-0.25, -0.2) is 0 Å².